The van der Waals surface area contributed by atoms with Crippen LogP contribution in [-0.4, -0.2) is 45.0 Å². The van der Waals surface area contributed by atoms with Crippen molar-refractivity contribution in [3.8, 4) is 5.75 Å². The van der Waals surface area contributed by atoms with Crippen molar-refractivity contribution < 1.29 is 9.90 Å². The van der Waals surface area contributed by atoms with Gasteiger partial charge in [-0.3, -0.25) is 14.5 Å². The predicted molar refractivity (Wildman–Crippen MR) is 140 cm³/mol. The average Bonchev–Trinajstić information content (AvgIpc) is 2.81. The zero-order valence-corrected chi connectivity index (χ0v) is 22.4. The highest BCUT2D eigenvalue weighted by molar-refractivity contribution is 5.76. The number of hydrogen-bond donors (Lipinski definition) is 1. The van der Waals surface area contributed by atoms with Crippen LogP contribution in [0.2, 0.25) is 0 Å². The maximum atomic E-state index is 12.6. The lowest BCUT2D eigenvalue weighted by Crippen LogP contribution is -2.40. The lowest BCUT2D eigenvalue weighted by atomic mass is 9.65. The molecule has 0 radical (unpaired) electrons. The molecule has 2 rings (SSSR count). The van der Waals surface area contributed by atoms with Gasteiger partial charge in [-0.15, -0.1) is 0 Å². The SMILES string of the molecule is CC/C=C(C)\C=C(/CC)C1(Cc2nc(=O)c(O)c(C=O)n2CC(C)N(C)C(C)C)CCCCC1. The van der Waals surface area contributed by atoms with Crippen molar-refractivity contribution in [1.29, 1.82) is 0 Å². The summed E-state index contributed by atoms with van der Waals surface area (Å²) in [5.74, 6) is 0.0519. The van der Waals surface area contributed by atoms with Gasteiger partial charge in [-0.1, -0.05) is 56.4 Å². The molecular formula is C28H45N3O3. The molecule has 1 unspecified atom stereocenters. The van der Waals surface area contributed by atoms with Crippen LogP contribution in [0.5, 0.6) is 5.75 Å². The Labute approximate surface area is 205 Å². The van der Waals surface area contributed by atoms with E-state index in [1.807, 2.05) is 0 Å². The standard InChI is InChI=1S/C28H45N3O3/c1-8-13-21(5)16-23(9-2)28(14-11-10-12-15-28)17-25-29-27(34)26(33)24(19-32)31(25)18-22(6)30(7)20(3)4/h13,16,19-20,22,33H,8-12,14-15,17-18H2,1-7H3/b21-13-,23-16+. The largest absolute Gasteiger partial charge is 0.501 e. The molecule has 1 aromatic heterocycles. The Morgan fingerprint density at radius 2 is 1.85 bits per heavy atom. The fourth-order valence-electron chi connectivity index (χ4n) is 5.40. The molecule has 0 bridgehead atoms. The van der Waals surface area contributed by atoms with E-state index >= 15 is 0 Å². The number of carbonyl (C=O) groups is 1. The minimum Gasteiger partial charge on any atom is -0.501 e. The van der Waals surface area contributed by atoms with E-state index < -0.39 is 11.3 Å². The number of rotatable bonds is 11. The van der Waals surface area contributed by atoms with Crippen LogP contribution in [0.25, 0.3) is 0 Å². The molecule has 0 saturated heterocycles. The van der Waals surface area contributed by atoms with E-state index in [1.54, 1.807) is 4.57 Å². The number of likely N-dealkylation sites (N-methyl/N-ethyl adjacent to an activating group) is 1. The van der Waals surface area contributed by atoms with Gasteiger partial charge in [0.1, 0.15) is 11.5 Å². The number of aldehydes is 1. The van der Waals surface area contributed by atoms with E-state index in [2.05, 4.69) is 70.6 Å². The highest BCUT2D eigenvalue weighted by Crippen LogP contribution is 2.46. The summed E-state index contributed by atoms with van der Waals surface area (Å²) in [6.45, 7) is 13.3. The molecule has 0 aliphatic heterocycles. The third kappa shape index (κ3) is 6.47. The van der Waals surface area contributed by atoms with Crippen LogP contribution in [0.4, 0.5) is 0 Å². The van der Waals surface area contributed by atoms with Crippen molar-refractivity contribution in [2.75, 3.05) is 7.05 Å². The Hall–Kier alpha value is -2.21. The average molecular weight is 472 g/mol. The minimum absolute atomic E-state index is 0.0362. The van der Waals surface area contributed by atoms with Crippen molar-refractivity contribution >= 4 is 6.29 Å². The normalized spacial score (nSPS) is 17.9. The van der Waals surface area contributed by atoms with Crippen molar-refractivity contribution in [2.24, 2.45) is 5.41 Å². The molecule has 1 aliphatic rings. The van der Waals surface area contributed by atoms with Gasteiger partial charge in [0.25, 0.3) is 0 Å². The Morgan fingerprint density at radius 3 is 2.38 bits per heavy atom. The van der Waals surface area contributed by atoms with Crippen LogP contribution in [0.15, 0.2) is 28.1 Å². The molecule has 6 heteroatoms. The van der Waals surface area contributed by atoms with Crippen LogP contribution in [0, 0.1) is 5.41 Å². The molecule has 0 amide bonds. The molecular weight excluding hydrogens is 426 g/mol. The van der Waals surface area contributed by atoms with Gasteiger partial charge in [0.05, 0.1) is 0 Å². The van der Waals surface area contributed by atoms with E-state index in [-0.39, 0.29) is 17.2 Å². The quantitative estimate of drug-likeness (QED) is 0.332. The number of allylic oxidation sites excluding steroid dienone is 4. The van der Waals surface area contributed by atoms with Crippen molar-refractivity contribution in [2.45, 2.75) is 112 Å². The summed E-state index contributed by atoms with van der Waals surface area (Å²) >= 11 is 0. The van der Waals surface area contributed by atoms with Crippen LogP contribution in [-0.2, 0) is 13.0 Å². The summed E-state index contributed by atoms with van der Waals surface area (Å²) in [6.07, 6.45) is 13.3. The first-order chi connectivity index (χ1) is 16.1. The fourth-order valence-corrected chi connectivity index (χ4v) is 5.40. The second kappa shape index (κ2) is 12.5. The molecule has 34 heavy (non-hydrogen) atoms. The Bertz CT molecular complexity index is 952. The second-order valence-electron chi connectivity index (χ2n) is 10.3. The van der Waals surface area contributed by atoms with E-state index in [9.17, 15) is 14.7 Å². The van der Waals surface area contributed by atoms with Gasteiger partial charge in [-0.05, 0) is 65.8 Å². The van der Waals surface area contributed by atoms with Crippen LogP contribution < -0.4 is 5.56 Å². The first-order valence-electron chi connectivity index (χ1n) is 13.0. The van der Waals surface area contributed by atoms with Crippen LogP contribution in [0.1, 0.15) is 103 Å². The van der Waals surface area contributed by atoms with Gasteiger partial charge in [0, 0.05) is 25.0 Å². The molecule has 1 heterocycles. The molecule has 1 saturated carbocycles. The van der Waals surface area contributed by atoms with E-state index in [4.69, 9.17) is 0 Å². The Kier molecular flexibility index (Phi) is 10.3. The summed E-state index contributed by atoms with van der Waals surface area (Å²) in [7, 11) is 2.05. The number of nitrogens with zero attached hydrogens (tertiary/aromatic N) is 3. The summed E-state index contributed by atoms with van der Waals surface area (Å²) in [5.41, 5.74) is 1.88. The fraction of sp³-hybridized carbons (Fsp3) is 0.679. The number of aromatic hydroxyl groups is 1. The summed E-state index contributed by atoms with van der Waals surface area (Å²) < 4.78 is 1.80. The topological polar surface area (TPSA) is 75.4 Å². The third-order valence-electron chi connectivity index (χ3n) is 7.64. The molecule has 1 atom stereocenters. The predicted octanol–water partition coefficient (Wildman–Crippen LogP) is 5.68. The van der Waals surface area contributed by atoms with E-state index in [0.717, 1.165) is 38.5 Å². The van der Waals surface area contributed by atoms with Crippen molar-refractivity contribution in [3.63, 3.8) is 0 Å². The van der Waals surface area contributed by atoms with Crippen molar-refractivity contribution in [3.05, 3.63) is 45.2 Å². The van der Waals surface area contributed by atoms with Gasteiger partial charge >= 0.3 is 5.56 Å². The van der Waals surface area contributed by atoms with Crippen LogP contribution in [0.3, 0.4) is 0 Å². The number of carbonyl (C=O) groups excluding carboxylic acids is 1. The van der Waals surface area contributed by atoms with Gasteiger partial charge in [0.2, 0.25) is 5.75 Å². The molecule has 1 aromatic rings. The monoisotopic (exact) mass is 471 g/mol. The highest BCUT2D eigenvalue weighted by atomic mass is 16.3. The van der Waals surface area contributed by atoms with Crippen molar-refractivity contribution in [1.82, 2.24) is 14.5 Å². The van der Waals surface area contributed by atoms with Gasteiger partial charge < -0.3 is 9.67 Å². The third-order valence-corrected chi connectivity index (χ3v) is 7.64. The van der Waals surface area contributed by atoms with Gasteiger partial charge in [-0.2, -0.15) is 4.98 Å². The Balaban J connectivity index is 2.65. The van der Waals surface area contributed by atoms with E-state index in [0.29, 0.717) is 31.1 Å². The lowest BCUT2D eigenvalue weighted by Gasteiger charge is -2.40. The lowest BCUT2D eigenvalue weighted by molar-refractivity contribution is 0.110. The number of hydrogen-bond acceptors (Lipinski definition) is 5. The smallest absolute Gasteiger partial charge is 0.315 e. The molecule has 190 valence electrons. The Morgan fingerprint density at radius 1 is 1.21 bits per heavy atom. The molecule has 6 nitrogen and oxygen atoms in total. The maximum absolute atomic E-state index is 12.6. The summed E-state index contributed by atoms with van der Waals surface area (Å²) in [6, 6.07) is 0.422. The molecule has 0 spiro atoms. The molecule has 0 aromatic carbocycles. The first-order valence-corrected chi connectivity index (χ1v) is 13.0. The first kappa shape index (κ1) is 28.0. The maximum Gasteiger partial charge on any atom is 0.315 e. The minimum atomic E-state index is -0.715. The zero-order chi connectivity index (χ0) is 25.5. The second-order valence-corrected chi connectivity index (χ2v) is 10.3. The summed E-state index contributed by atoms with van der Waals surface area (Å²) in [5, 5.41) is 10.4. The van der Waals surface area contributed by atoms with Crippen LogP contribution >= 0.6 is 0 Å². The summed E-state index contributed by atoms with van der Waals surface area (Å²) in [4.78, 5) is 31.2. The zero-order valence-electron chi connectivity index (χ0n) is 22.4. The van der Waals surface area contributed by atoms with Gasteiger partial charge in [0.15, 0.2) is 6.29 Å². The van der Waals surface area contributed by atoms with Gasteiger partial charge in [-0.25, -0.2) is 0 Å². The number of aromatic nitrogens is 2. The van der Waals surface area contributed by atoms with E-state index in [1.165, 1.54) is 17.6 Å². The molecule has 1 N–H and O–H groups in total. The highest BCUT2D eigenvalue weighted by Gasteiger charge is 2.37. The molecule has 1 fully saturated rings. The molecule has 1 aliphatic carbocycles.